The van der Waals surface area contributed by atoms with Gasteiger partial charge < -0.3 is 23.7 Å². The Labute approximate surface area is 160 Å². The average molecular weight is 370 g/mol. The molecule has 2 fully saturated rings. The summed E-state index contributed by atoms with van der Waals surface area (Å²) < 4.78 is 30.1. The minimum absolute atomic E-state index is 0.184. The van der Waals surface area contributed by atoms with Crippen LogP contribution in [-0.4, -0.2) is 37.5 Å². The Morgan fingerprint density at radius 1 is 0.852 bits per heavy atom. The Hall–Kier alpha value is -1.76. The highest BCUT2D eigenvalue weighted by Gasteiger charge is 2.51. The smallest absolute Gasteiger partial charge is 0.286 e. The molecular formula is C22H26O5. The standard InChI is InChI=1S/C22H26O5/c1-17-21(24-16-19-10-6-3-7-11-19)20(14-22(27-17)25-12-13-26-22)23-15-18-8-4-2-5-9-18/h2-11,17,20-21H,12-16H2,1H3. The van der Waals surface area contributed by atoms with Crippen LogP contribution in [0.5, 0.6) is 0 Å². The highest BCUT2D eigenvalue weighted by molar-refractivity contribution is 5.14. The predicted molar refractivity (Wildman–Crippen MR) is 99.8 cm³/mol. The van der Waals surface area contributed by atoms with Gasteiger partial charge in [0.15, 0.2) is 0 Å². The average Bonchev–Trinajstić information content (AvgIpc) is 3.14. The van der Waals surface area contributed by atoms with E-state index in [0.717, 1.165) is 11.1 Å². The first-order valence-corrected chi connectivity index (χ1v) is 9.51. The van der Waals surface area contributed by atoms with Gasteiger partial charge in [0.25, 0.3) is 5.97 Å². The molecule has 2 heterocycles. The lowest BCUT2D eigenvalue weighted by Crippen LogP contribution is -2.55. The van der Waals surface area contributed by atoms with Crippen LogP contribution in [-0.2, 0) is 36.9 Å². The second-order valence-corrected chi connectivity index (χ2v) is 7.00. The van der Waals surface area contributed by atoms with Crippen LogP contribution < -0.4 is 0 Å². The van der Waals surface area contributed by atoms with E-state index in [4.69, 9.17) is 23.7 Å². The normalized spacial score (nSPS) is 27.1. The molecule has 2 aliphatic rings. The SMILES string of the molecule is CC1OC2(CC(OCc3ccccc3)C1OCc1ccccc1)OCCO2. The van der Waals surface area contributed by atoms with E-state index in [2.05, 4.69) is 24.3 Å². The lowest BCUT2D eigenvalue weighted by Gasteiger charge is -2.43. The van der Waals surface area contributed by atoms with Gasteiger partial charge >= 0.3 is 0 Å². The topological polar surface area (TPSA) is 46.2 Å². The fourth-order valence-corrected chi connectivity index (χ4v) is 3.63. The second-order valence-electron chi connectivity index (χ2n) is 7.00. The van der Waals surface area contributed by atoms with Crippen LogP contribution in [0.2, 0.25) is 0 Å². The first-order valence-electron chi connectivity index (χ1n) is 9.51. The molecule has 2 aromatic rings. The van der Waals surface area contributed by atoms with Crippen LogP contribution >= 0.6 is 0 Å². The van der Waals surface area contributed by atoms with Gasteiger partial charge in [-0.2, -0.15) is 0 Å². The van der Waals surface area contributed by atoms with Crippen LogP contribution in [0.4, 0.5) is 0 Å². The van der Waals surface area contributed by atoms with Gasteiger partial charge in [-0.05, 0) is 18.1 Å². The maximum atomic E-state index is 6.26. The summed E-state index contributed by atoms with van der Waals surface area (Å²) in [4.78, 5) is 0. The van der Waals surface area contributed by atoms with Crippen molar-refractivity contribution in [2.75, 3.05) is 13.2 Å². The van der Waals surface area contributed by atoms with Crippen molar-refractivity contribution in [3.63, 3.8) is 0 Å². The monoisotopic (exact) mass is 370 g/mol. The van der Waals surface area contributed by atoms with E-state index in [0.29, 0.717) is 32.8 Å². The van der Waals surface area contributed by atoms with Crippen LogP contribution in [0.3, 0.4) is 0 Å². The Morgan fingerprint density at radius 2 is 1.41 bits per heavy atom. The zero-order valence-corrected chi connectivity index (χ0v) is 15.6. The molecule has 0 amide bonds. The lowest BCUT2D eigenvalue weighted by atomic mass is 10.00. The van der Waals surface area contributed by atoms with Gasteiger partial charge in [-0.25, -0.2) is 0 Å². The highest BCUT2D eigenvalue weighted by atomic mass is 16.9. The molecule has 5 nitrogen and oxygen atoms in total. The minimum atomic E-state index is -1.01. The third-order valence-corrected chi connectivity index (χ3v) is 4.97. The van der Waals surface area contributed by atoms with E-state index in [9.17, 15) is 0 Å². The van der Waals surface area contributed by atoms with E-state index in [1.54, 1.807) is 0 Å². The molecule has 0 radical (unpaired) electrons. The molecule has 0 bridgehead atoms. The highest BCUT2D eigenvalue weighted by Crippen LogP contribution is 2.37. The first-order chi connectivity index (χ1) is 13.2. The zero-order valence-electron chi connectivity index (χ0n) is 15.6. The third-order valence-electron chi connectivity index (χ3n) is 4.97. The van der Waals surface area contributed by atoms with Crippen molar-refractivity contribution in [2.24, 2.45) is 0 Å². The van der Waals surface area contributed by atoms with Crippen molar-refractivity contribution >= 4 is 0 Å². The van der Waals surface area contributed by atoms with Crippen molar-refractivity contribution in [3.05, 3.63) is 71.8 Å². The van der Waals surface area contributed by atoms with Gasteiger partial charge in [0, 0.05) is 0 Å². The molecule has 0 aliphatic carbocycles. The largest absolute Gasteiger partial charge is 0.370 e. The van der Waals surface area contributed by atoms with Gasteiger partial charge in [-0.3, -0.25) is 0 Å². The summed E-state index contributed by atoms with van der Waals surface area (Å²) in [5.41, 5.74) is 2.25. The minimum Gasteiger partial charge on any atom is -0.370 e. The molecule has 1 spiro atoms. The lowest BCUT2D eigenvalue weighted by molar-refractivity contribution is -0.394. The van der Waals surface area contributed by atoms with E-state index in [1.807, 2.05) is 43.3 Å². The molecule has 2 aromatic carbocycles. The number of benzene rings is 2. The van der Waals surface area contributed by atoms with Crippen molar-refractivity contribution < 1.29 is 23.7 Å². The van der Waals surface area contributed by atoms with Crippen molar-refractivity contribution in [2.45, 2.75) is 50.8 Å². The van der Waals surface area contributed by atoms with E-state index in [-0.39, 0.29) is 18.3 Å². The molecule has 2 aliphatic heterocycles. The van der Waals surface area contributed by atoms with Crippen LogP contribution in [0.1, 0.15) is 24.5 Å². The summed E-state index contributed by atoms with van der Waals surface area (Å²) in [6, 6.07) is 20.3. The maximum Gasteiger partial charge on any atom is 0.286 e. The third kappa shape index (κ3) is 4.57. The number of hydrogen-bond acceptors (Lipinski definition) is 5. The van der Waals surface area contributed by atoms with Crippen LogP contribution in [0.25, 0.3) is 0 Å². The second kappa shape index (κ2) is 8.50. The summed E-state index contributed by atoms with van der Waals surface area (Å²) in [5, 5.41) is 0. The molecule has 3 atom stereocenters. The van der Waals surface area contributed by atoms with E-state index < -0.39 is 5.97 Å². The molecule has 3 unspecified atom stereocenters. The predicted octanol–water partition coefficient (Wildman–Crippen LogP) is 3.67. The van der Waals surface area contributed by atoms with Crippen molar-refractivity contribution in [1.29, 1.82) is 0 Å². The summed E-state index contributed by atoms with van der Waals surface area (Å²) in [6.07, 6.45) is -0.103. The summed E-state index contributed by atoms with van der Waals surface area (Å²) in [7, 11) is 0. The van der Waals surface area contributed by atoms with Crippen LogP contribution in [0.15, 0.2) is 60.7 Å². The number of rotatable bonds is 6. The van der Waals surface area contributed by atoms with Gasteiger partial charge in [0.1, 0.15) is 6.10 Å². The molecule has 0 saturated carbocycles. The fourth-order valence-electron chi connectivity index (χ4n) is 3.63. The Morgan fingerprint density at radius 3 is 2.00 bits per heavy atom. The number of hydrogen-bond donors (Lipinski definition) is 0. The molecule has 27 heavy (non-hydrogen) atoms. The molecular weight excluding hydrogens is 344 g/mol. The summed E-state index contributed by atoms with van der Waals surface area (Å²) in [5.74, 6) is -1.01. The molecule has 2 saturated heterocycles. The summed E-state index contributed by atoms with van der Waals surface area (Å²) >= 11 is 0. The van der Waals surface area contributed by atoms with Gasteiger partial charge in [-0.1, -0.05) is 60.7 Å². The number of ether oxygens (including phenoxy) is 5. The Balaban J connectivity index is 1.45. The van der Waals surface area contributed by atoms with Crippen molar-refractivity contribution in [1.82, 2.24) is 0 Å². The maximum absolute atomic E-state index is 6.26. The fraction of sp³-hybridized carbons (Fsp3) is 0.455. The Kier molecular flexibility index (Phi) is 5.86. The summed E-state index contributed by atoms with van der Waals surface area (Å²) in [6.45, 7) is 4.08. The van der Waals surface area contributed by atoms with Gasteiger partial charge in [0.05, 0.1) is 45.1 Å². The van der Waals surface area contributed by atoms with E-state index >= 15 is 0 Å². The molecule has 144 valence electrons. The van der Waals surface area contributed by atoms with Crippen molar-refractivity contribution in [3.8, 4) is 0 Å². The molecule has 5 heteroatoms. The van der Waals surface area contributed by atoms with Gasteiger partial charge in [0.2, 0.25) is 0 Å². The molecule has 0 N–H and O–H groups in total. The van der Waals surface area contributed by atoms with Gasteiger partial charge in [-0.15, -0.1) is 0 Å². The molecule has 4 rings (SSSR count). The Bertz CT molecular complexity index is 699. The van der Waals surface area contributed by atoms with Crippen LogP contribution in [0, 0.1) is 0 Å². The first kappa shape index (κ1) is 18.6. The molecule has 0 aromatic heterocycles. The van der Waals surface area contributed by atoms with E-state index in [1.165, 1.54) is 0 Å². The zero-order chi connectivity index (χ0) is 18.5. The quantitative estimate of drug-likeness (QED) is 0.776.